The molecule has 0 aromatic heterocycles. The van der Waals surface area contributed by atoms with Crippen molar-refractivity contribution in [1.29, 1.82) is 0 Å². The summed E-state index contributed by atoms with van der Waals surface area (Å²) in [7, 11) is 0. The van der Waals surface area contributed by atoms with Gasteiger partial charge in [0.2, 0.25) is 0 Å². The fraction of sp³-hybridized carbons (Fsp3) is 0.579. The lowest BCUT2D eigenvalue weighted by atomic mass is 9.87. The number of aliphatic carboxylic acids is 1. The molecule has 0 heterocycles. The molecule has 0 atom stereocenters. The molecule has 1 rings (SSSR count). The molecule has 8 heteroatoms. The van der Waals surface area contributed by atoms with Crippen LogP contribution >= 0.6 is 0 Å². The van der Waals surface area contributed by atoms with Gasteiger partial charge in [-0.3, -0.25) is 9.59 Å². The fourth-order valence-electron chi connectivity index (χ4n) is 2.35. The number of benzene rings is 1. The van der Waals surface area contributed by atoms with Crippen molar-refractivity contribution in [2.75, 3.05) is 0 Å². The van der Waals surface area contributed by atoms with Crippen LogP contribution in [-0.4, -0.2) is 17.0 Å². The van der Waals surface area contributed by atoms with Crippen LogP contribution in [0.5, 0.6) is 0 Å². The number of aryl methyl sites for hydroxylation is 1. The Morgan fingerprint density at radius 3 is 2.33 bits per heavy atom. The number of carboxylic acid groups (broad SMARTS) is 1. The van der Waals surface area contributed by atoms with Gasteiger partial charge in [-0.2, -0.15) is 13.2 Å². The van der Waals surface area contributed by atoms with Crippen molar-refractivity contribution in [3.05, 3.63) is 34.9 Å². The zero-order valence-electron chi connectivity index (χ0n) is 15.8. The number of hydroxylamine groups is 1. The summed E-state index contributed by atoms with van der Waals surface area (Å²) in [6.07, 6.45) is -3.27. The summed E-state index contributed by atoms with van der Waals surface area (Å²) >= 11 is 0. The van der Waals surface area contributed by atoms with E-state index in [-0.39, 0.29) is 31.2 Å². The molecule has 2 N–H and O–H groups in total. The third kappa shape index (κ3) is 9.42. The second-order valence-electron chi connectivity index (χ2n) is 7.58. The quantitative estimate of drug-likeness (QED) is 0.609. The van der Waals surface area contributed by atoms with Crippen LogP contribution < -0.4 is 5.48 Å². The predicted octanol–water partition coefficient (Wildman–Crippen LogP) is 4.49. The zero-order valence-corrected chi connectivity index (χ0v) is 15.8. The number of carboxylic acids is 1. The molecule has 0 amide bonds. The highest BCUT2D eigenvalue weighted by Crippen LogP contribution is 2.32. The van der Waals surface area contributed by atoms with Gasteiger partial charge in [-0.1, -0.05) is 26.8 Å². The van der Waals surface area contributed by atoms with Crippen LogP contribution in [0.1, 0.15) is 63.1 Å². The molecule has 0 unspecified atom stereocenters. The summed E-state index contributed by atoms with van der Waals surface area (Å²) in [6, 6.07) is 3.52. The van der Waals surface area contributed by atoms with Gasteiger partial charge in [0.15, 0.2) is 0 Å². The van der Waals surface area contributed by atoms with Gasteiger partial charge >= 0.3 is 18.1 Å². The van der Waals surface area contributed by atoms with E-state index in [1.165, 1.54) is 6.07 Å². The molecule has 0 spiro atoms. The number of nitrogens with one attached hydrogen (secondary N) is 1. The lowest BCUT2D eigenvalue weighted by Crippen LogP contribution is -2.21. The van der Waals surface area contributed by atoms with Crippen LogP contribution in [0.3, 0.4) is 0 Å². The van der Waals surface area contributed by atoms with E-state index in [9.17, 15) is 22.8 Å². The first-order valence-electron chi connectivity index (χ1n) is 8.72. The monoisotopic (exact) mass is 389 g/mol. The maximum absolute atomic E-state index is 13.0. The van der Waals surface area contributed by atoms with E-state index in [2.05, 4.69) is 5.48 Å². The molecule has 0 saturated heterocycles. The molecule has 1 aromatic carbocycles. The molecular weight excluding hydrogens is 363 g/mol. The number of hydrogen-bond acceptors (Lipinski definition) is 4. The molecule has 0 saturated carbocycles. The average molecular weight is 389 g/mol. The van der Waals surface area contributed by atoms with E-state index in [1.54, 1.807) is 0 Å². The van der Waals surface area contributed by atoms with Crippen molar-refractivity contribution in [1.82, 2.24) is 5.48 Å². The first-order chi connectivity index (χ1) is 12.4. The molecule has 0 aliphatic rings. The molecule has 5 nitrogen and oxygen atoms in total. The third-order valence-corrected chi connectivity index (χ3v) is 3.90. The van der Waals surface area contributed by atoms with E-state index in [4.69, 9.17) is 9.94 Å². The minimum atomic E-state index is -4.42. The van der Waals surface area contributed by atoms with Crippen LogP contribution in [0.2, 0.25) is 0 Å². The summed E-state index contributed by atoms with van der Waals surface area (Å²) in [5.41, 5.74) is 2.88. The summed E-state index contributed by atoms with van der Waals surface area (Å²) in [5, 5.41) is 8.52. The van der Waals surface area contributed by atoms with E-state index in [0.29, 0.717) is 24.0 Å². The van der Waals surface area contributed by atoms with Gasteiger partial charge in [-0.25, -0.2) is 0 Å². The van der Waals surface area contributed by atoms with E-state index in [0.717, 1.165) is 12.1 Å². The topological polar surface area (TPSA) is 75.6 Å². The summed E-state index contributed by atoms with van der Waals surface area (Å²) in [6.45, 7) is 6.11. The Morgan fingerprint density at radius 1 is 1.11 bits per heavy atom. The first kappa shape index (κ1) is 23.0. The van der Waals surface area contributed by atoms with Crippen molar-refractivity contribution < 1.29 is 32.7 Å². The van der Waals surface area contributed by atoms with E-state index < -0.39 is 23.7 Å². The van der Waals surface area contributed by atoms with Gasteiger partial charge < -0.3 is 9.94 Å². The van der Waals surface area contributed by atoms with E-state index >= 15 is 0 Å². The Labute approximate surface area is 156 Å². The standard InChI is InChI=1S/C19H26F3NO4/c1-18(2,3)10-9-13-11-15(19(20,21)22)8-7-14(13)12-23-27-17(26)6-4-5-16(24)25/h7-8,11,23H,4-6,9-10,12H2,1-3H3,(H,24,25). The highest BCUT2D eigenvalue weighted by Gasteiger charge is 2.31. The van der Waals surface area contributed by atoms with Crippen LogP contribution in [0.4, 0.5) is 13.2 Å². The second kappa shape index (κ2) is 9.73. The maximum Gasteiger partial charge on any atom is 0.416 e. The fourth-order valence-corrected chi connectivity index (χ4v) is 2.35. The Hall–Kier alpha value is -2.09. The third-order valence-electron chi connectivity index (χ3n) is 3.90. The summed E-state index contributed by atoms with van der Waals surface area (Å²) < 4.78 is 38.9. The summed E-state index contributed by atoms with van der Waals surface area (Å²) in [5.74, 6) is -1.61. The lowest BCUT2D eigenvalue weighted by molar-refractivity contribution is -0.151. The molecule has 0 aliphatic carbocycles. The van der Waals surface area contributed by atoms with Gasteiger partial charge in [0.1, 0.15) is 0 Å². The minimum absolute atomic E-state index is 0.0322. The number of carbonyl (C=O) groups excluding carboxylic acids is 1. The Balaban J connectivity index is 2.71. The minimum Gasteiger partial charge on any atom is -0.481 e. The van der Waals surface area contributed by atoms with E-state index in [1.807, 2.05) is 20.8 Å². The Morgan fingerprint density at radius 2 is 1.78 bits per heavy atom. The molecule has 152 valence electrons. The number of rotatable bonds is 9. The van der Waals surface area contributed by atoms with Crippen LogP contribution in [0.25, 0.3) is 0 Å². The Bertz CT molecular complexity index is 651. The SMILES string of the molecule is CC(C)(C)CCc1cc(C(F)(F)F)ccc1CNOC(=O)CCCC(=O)O. The summed E-state index contributed by atoms with van der Waals surface area (Å²) in [4.78, 5) is 26.7. The second-order valence-corrected chi connectivity index (χ2v) is 7.58. The van der Waals surface area contributed by atoms with Gasteiger partial charge in [0.25, 0.3) is 0 Å². The van der Waals surface area contributed by atoms with Crippen molar-refractivity contribution in [3.63, 3.8) is 0 Å². The zero-order chi connectivity index (χ0) is 20.7. The largest absolute Gasteiger partial charge is 0.481 e. The molecule has 0 aliphatic heterocycles. The highest BCUT2D eigenvalue weighted by molar-refractivity contribution is 5.71. The van der Waals surface area contributed by atoms with Crippen LogP contribution in [-0.2, 0) is 33.6 Å². The van der Waals surface area contributed by atoms with Gasteiger partial charge in [-0.05, 0) is 47.9 Å². The van der Waals surface area contributed by atoms with Crippen molar-refractivity contribution >= 4 is 11.9 Å². The molecule has 27 heavy (non-hydrogen) atoms. The smallest absolute Gasteiger partial charge is 0.416 e. The number of hydrogen-bond donors (Lipinski definition) is 2. The average Bonchev–Trinajstić information content (AvgIpc) is 2.51. The molecular formula is C19H26F3NO4. The number of carbonyl (C=O) groups is 2. The van der Waals surface area contributed by atoms with Gasteiger partial charge in [0, 0.05) is 12.8 Å². The normalized spacial score (nSPS) is 12.1. The van der Waals surface area contributed by atoms with Crippen LogP contribution in [0.15, 0.2) is 18.2 Å². The maximum atomic E-state index is 13.0. The predicted molar refractivity (Wildman–Crippen MR) is 93.6 cm³/mol. The van der Waals surface area contributed by atoms with Crippen molar-refractivity contribution in [2.45, 2.75) is 65.6 Å². The number of alkyl halides is 3. The van der Waals surface area contributed by atoms with Crippen molar-refractivity contribution in [2.24, 2.45) is 5.41 Å². The number of halogens is 3. The van der Waals surface area contributed by atoms with Crippen molar-refractivity contribution in [3.8, 4) is 0 Å². The molecule has 0 fully saturated rings. The Kier molecular flexibility index (Phi) is 8.27. The molecule has 0 bridgehead atoms. The first-order valence-corrected chi connectivity index (χ1v) is 8.72. The van der Waals surface area contributed by atoms with Gasteiger partial charge in [0.05, 0.1) is 12.1 Å². The van der Waals surface area contributed by atoms with Crippen LogP contribution in [0, 0.1) is 5.41 Å². The lowest BCUT2D eigenvalue weighted by Gasteiger charge is -2.20. The molecule has 1 aromatic rings. The molecule has 0 radical (unpaired) electrons. The van der Waals surface area contributed by atoms with Gasteiger partial charge in [-0.15, -0.1) is 5.48 Å². The highest BCUT2D eigenvalue weighted by atomic mass is 19.4.